The van der Waals surface area contributed by atoms with Crippen LogP contribution >= 0.6 is 35.3 Å². The minimum atomic E-state index is -3.52. The Bertz CT molecular complexity index is 4330. The number of thioether (sulfide) groups is 3. The second kappa shape index (κ2) is 31.7. The molecule has 4 aromatic carbocycles. The van der Waals surface area contributed by atoms with Gasteiger partial charge < -0.3 is 73.5 Å². The first-order valence-electron chi connectivity index (χ1n) is 33.6. The van der Waals surface area contributed by atoms with Crippen LogP contribution in [0, 0.1) is 23.4 Å². The molecule has 6 aliphatic heterocycles. The van der Waals surface area contributed by atoms with Crippen LogP contribution in [-0.2, 0) is 72.3 Å². The summed E-state index contributed by atoms with van der Waals surface area (Å²) < 4.78 is 120. The summed E-state index contributed by atoms with van der Waals surface area (Å²) in [5.74, 6) is -12.9. The zero-order valence-corrected chi connectivity index (χ0v) is 59.5. The molecule has 104 heavy (non-hydrogen) atoms. The van der Waals surface area contributed by atoms with Crippen molar-refractivity contribution in [2.45, 2.75) is 104 Å². The van der Waals surface area contributed by atoms with Crippen molar-refractivity contribution >= 4 is 93.0 Å². The maximum atomic E-state index is 16.3. The molecule has 5 atom stereocenters. The third-order valence-corrected chi connectivity index (χ3v) is 22.4. The van der Waals surface area contributed by atoms with E-state index in [-0.39, 0.29) is 131 Å². The van der Waals surface area contributed by atoms with Gasteiger partial charge in [-0.15, -0.1) is 11.8 Å². The van der Waals surface area contributed by atoms with Crippen molar-refractivity contribution in [1.82, 2.24) is 30.0 Å². The molecule has 2 fully saturated rings. The minimum Gasteiger partial charge on any atom is -0.485 e. The summed E-state index contributed by atoms with van der Waals surface area (Å²) >= 11 is 2.49. The number of hydrogen-bond donors (Lipinski definition) is 6. The van der Waals surface area contributed by atoms with Crippen molar-refractivity contribution in [1.29, 1.82) is 0 Å². The molecule has 6 N–H and O–H groups in total. The van der Waals surface area contributed by atoms with Gasteiger partial charge in [0, 0.05) is 97.8 Å². The van der Waals surface area contributed by atoms with E-state index in [0.29, 0.717) is 90.2 Å². The number of morpholine rings is 2. The summed E-state index contributed by atoms with van der Waals surface area (Å²) in [6.07, 6.45) is -3.16. The standard InChI is InChI=1S/C71H75F5N8O17S3/c1-6-70(94)46-31-51-55-44(33-83(51)64(89)45(46)34-101-68(70)93)54-53-50(78-55)32-47(72)56(58(53)102-36-71(54,75)76)79-61(86)38(4)77-67(92)69(5,37(2)3)80-52(85)35-99-26-25-97-23-24-98-27-28-100-57-48(73)29-41(30-49(57)74)84-65(90)59(103-42-11-7-39(8-12-42)62(87)81-15-19-95-20-16-81)60(66(84)91)104-43-13-9-40(10-14-43)63(88)82-17-21-96-22-18-82/h7-14,29-32,37-38,52,68,80,85,93-94H,6,15-28,33-36H2,1-5H3,(H,77,92)(H,79,86)/t38-,52?,68?,69?,70-/m0/s1. The number of carbonyl (C=O) groups is 6. The summed E-state index contributed by atoms with van der Waals surface area (Å²) in [6.45, 7) is 9.78. The number of aliphatic hydroxyl groups is 3. The quantitative estimate of drug-likeness (QED) is 0.0131. The second-order valence-corrected chi connectivity index (χ2v) is 28.9. The third-order valence-electron chi connectivity index (χ3n) is 18.9. The largest absolute Gasteiger partial charge is 0.485 e. The molecular formula is C71H75F5N8O17S3. The Morgan fingerprint density at radius 1 is 0.769 bits per heavy atom. The van der Waals surface area contributed by atoms with Crippen molar-refractivity contribution < 1.29 is 99.2 Å². The average molecular weight is 1500 g/mol. The van der Waals surface area contributed by atoms with Gasteiger partial charge in [-0.25, -0.2) is 31.8 Å². The average Bonchev–Trinajstić information content (AvgIpc) is 1.47. The molecule has 0 radical (unpaired) electrons. The number of alkyl halides is 2. The third kappa shape index (κ3) is 15.3. The Morgan fingerprint density at radius 2 is 1.32 bits per heavy atom. The molecule has 2 aromatic heterocycles. The van der Waals surface area contributed by atoms with E-state index in [1.165, 1.54) is 24.5 Å². The number of carbonyl (C=O) groups excluding carboxylic acids is 6. The van der Waals surface area contributed by atoms with Crippen LogP contribution in [-0.4, -0.2) is 199 Å². The number of aliphatic hydroxyl groups excluding tert-OH is 2. The SMILES string of the molecule is CC[C@]1(O)c2cc3n(c(=O)c2COC1O)Cc1c-3nc2cc(F)c(NC(=O)[C@H](C)NC(=O)C(C)(NC(O)COCCOCCOCCOc3c(F)cc(N4C(=O)C(Sc5ccc(C(=O)N6CCOCC6)cc5)=C(Sc5ccc(C(=O)N6CCOCC6)cc5)C4=O)cc3F)C(C)C)c3c2c1C(F)(F)CS3. The number of benzene rings is 4. The first-order valence-corrected chi connectivity index (χ1v) is 36.2. The molecule has 6 amide bonds. The highest BCUT2D eigenvalue weighted by molar-refractivity contribution is 8.08. The van der Waals surface area contributed by atoms with Gasteiger partial charge in [0.1, 0.15) is 30.3 Å². The number of ether oxygens (including phenoxy) is 7. The monoisotopic (exact) mass is 1500 g/mol. The van der Waals surface area contributed by atoms with E-state index in [1.807, 2.05) is 0 Å². The minimum absolute atomic E-state index is 0.0128. The number of pyridine rings is 2. The van der Waals surface area contributed by atoms with Crippen LogP contribution in [0.3, 0.4) is 0 Å². The van der Waals surface area contributed by atoms with Crippen molar-refractivity contribution in [3.63, 3.8) is 0 Å². The Hall–Kier alpha value is -7.90. The van der Waals surface area contributed by atoms with E-state index in [0.717, 1.165) is 41.7 Å². The number of fused-ring (bicyclic) bond motifs is 5. The van der Waals surface area contributed by atoms with Crippen LogP contribution in [0.15, 0.2) is 102 Å². The lowest BCUT2D eigenvalue weighted by Crippen LogP contribution is -2.63. The summed E-state index contributed by atoms with van der Waals surface area (Å²) in [6, 6.07) is 15.6. The topological polar surface area (TPSA) is 308 Å². The van der Waals surface area contributed by atoms with Crippen molar-refractivity contribution in [2.75, 3.05) is 115 Å². The molecule has 8 heterocycles. The van der Waals surface area contributed by atoms with Gasteiger partial charge in [0.25, 0.3) is 35.1 Å². The highest BCUT2D eigenvalue weighted by Crippen LogP contribution is 2.54. The fourth-order valence-corrected chi connectivity index (χ4v) is 15.8. The van der Waals surface area contributed by atoms with E-state index in [4.69, 9.17) is 33.2 Å². The fraction of sp³-hybridized carbons (Fsp3) is 0.437. The van der Waals surface area contributed by atoms with Crippen LogP contribution in [0.2, 0.25) is 0 Å². The first-order chi connectivity index (χ1) is 49.7. The van der Waals surface area contributed by atoms with Gasteiger partial charge >= 0.3 is 0 Å². The molecule has 0 bridgehead atoms. The molecule has 6 aromatic rings. The van der Waals surface area contributed by atoms with Crippen molar-refractivity contribution in [3.05, 3.63) is 144 Å². The van der Waals surface area contributed by atoms with E-state index in [1.54, 1.807) is 79.1 Å². The molecule has 2 saturated heterocycles. The number of anilines is 2. The van der Waals surface area contributed by atoms with Gasteiger partial charge in [-0.3, -0.25) is 38.9 Å². The number of imide groups is 1. The van der Waals surface area contributed by atoms with Crippen LogP contribution in [0.1, 0.15) is 84.0 Å². The Balaban J connectivity index is 0.594. The molecule has 25 nitrogen and oxygen atoms in total. The molecule has 3 unspecified atom stereocenters. The van der Waals surface area contributed by atoms with Gasteiger partial charge in [0.05, 0.1) is 129 Å². The number of halogens is 5. The second-order valence-electron chi connectivity index (χ2n) is 25.8. The Kier molecular flexibility index (Phi) is 23.1. The molecular weight excluding hydrogens is 1430 g/mol. The number of hydrogen-bond acceptors (Lipinski definition) is 22. The zero-order valence-electron chi connectivity index (χ0n) is 57.1. The smallest absolute Gasteiger partial charge is 0.283 e. The molecule has 0 saturated carbocycles. The van der Waals surface area contributed by atoms with Crippen LogP contribution in [0.4, 0.5) is 33.3 Å². The predicted octanol–water partition coefficient (Wildman–Crippen LogP) is 7.00. The molecule has 6 aliphatic rings. The van der Waals surface area contributed by atoms with Crippen molar-refractivity contribution in [2.24, 2.45) is 5.92 Å². The molecule has 554 valence electrons. The van der Waals surface area contributed by atoms with E-state index in [9.17, 15) is 48.9 Å². The first kappa shape index (κ1) is 75.8. The molecule has 0 aliphatic carbocycles. The highest BCUT2D eigenvalue weighted by atomic mass is 32.2. The van der Waals surface area contributed by atoms with Crippen LogP contribution in [0.25, 0.3) is 22.3 Å². The lowest BCUT2D eigenvalue weighted by molar-refractivity contribution is -0.236. The normalized spacial score (nSPS) is 19.6. The summed E-state index contributed by atoms with van der Waals surface area (Å²) in [7, 11) is 0. The Labute approximate surface area is 605 Å². The number of rotatable bonds is 27. The summed E-state index contributed by atoms with van der Waals surface area (Å²) in [5, 5.41) is 40.7. The van der Waals surface area contributed by atoms with E-state index in [2.05, 4.69) is 20.9 Å². The number of aromatic nitrogens is 2. The molecule has 0 spiro atoms. The molecule has 12 rings (SSSR count). The summed E-state index contributed by atoms with van der Waals surface area (Å²) in [4.78, 5) is 106. The predicted molar refractivity (Wildman–Crippen MR) is 371 cm³/mol. The molecule has 33 heteroatoms. The number of amides is 6. The zero-order chi connectivity index (χ0) is 74.1. The number of nitrogens with one attached hydrogen (secondary N) is 3. The van der Waals surface area contributed by atoms with Gasteiger partial charge in [0.15, 0.2) is 23.7 Å². The van der Waals surface area contributed by atoms with Crippen LogP contribution < -0.4 is 31.1 Å². The lowest BCUT2D eigenvalue weighted by atomic mass is 9.85. The van der Waals surface area contributed by atoms with Gasteiger partial charge in [-0.05, 0) is 80.8 Å². The highest BCUT2D eigenvalue weighted by Gasteiger charge is 2.49. The van der Waals surface area contributed by atoms with Crippen LogP contribution in [0.5, 0.6) is 5.75 Å². The van der Waals surface area contributed by atoms with E-state index < -0.39 is 117 Å². The summed E-state index contributed by atoms with van der Waals surface area (Å²) in [5.41, 5.74) is -4.74. The van der Waals surface area contributed by atoms with E-state index >= 15 is 22.0 Å². The fourth-order valence-electron chi connectivity index (χ4n) is 12.7. The van der Waals surface area contributed by atoms with Gasteiger partial charge in [-0.2, -0.15) is 0 Å². The maximum Gasteiger partial charge on any atom is 0.283 e. The van der Waals surface area contributed by atoms with Gasteiger partial charge in [-0.1, -0.05) is 44.3 Å². The van der Waals surface area contributed by atoms with Crippen molar-refractivity contribution in [3.8, 4) is 17.1 Å². The van der Waals surface area contributed by atoms with Gasteiger partial charge in [0.2, 0.25) is 11.8 Å². The number of nitrogens with zero attached hydrogens (tertiary/aromatic N) is 5. The Morgan fingerprint density at radius 3 is 1.87 bits per heavy atom. The maximum absolute atomic E-state index is 16.3. The lowest BCUT2D eigenvalue weighted by Gasteiger charge is -2.37.